The van der Waals surface area contributed by atoms with Crippen LogP contribution in [0.1, 0.15) is 6.42 Å². The van der Waals surface area contributed by atoms with Crippen molar-refractivity contribution in [2.45, 2.75) is 18.6 Å². The Morgan fingerprint density at radius 2 is 2.40 bits per heavy atom. The molecule has 1 fully saturated rings. The minimum absolute atomic E-state index is 0. The molecular formula is C6H13ClFNO. The standard InChI is InChI=1S/C6H12FNO.ClH/c1-9-6-2-5(3-7)8-4-6;/h5-6,8H,2-4H2,1H3;1H/t5-,6-;/m1./s1. The molecule has 1 aliphatic rings. The number of hydrogen-bond acceptors (Lipinski definition) is 2. The number of ether oxygens (including phenoxy) is 1. The Bertz CT molecular complexity index is 83.8. The summed E-state index contributed by atoms with van der Waals surface area (Å²) in [6, 6.07) is 0.0370. The van der Waals surface area contributed by atoms with Crippen LogP contribution in [0.25, 0.3) is 0 Å². The lowest BCUT2D eigenvalue weighted by molar-refractivity contribution is 0.116. The monoisotopic (exact) mass is 169 g/mol. The van der Waals surface area contributed by atoms with Crippen molar-refractivity contribution in [3.63, 3.8) is 0 Å². The highest BCUT2D eigenvalue weighted by Crippen LogP contribution is 2.08. The van der Waals surface area contributed by atoms with Crippen LogP contribution in [0.15, 0.2) is 0 Å². The number of methoxy groups -OCH3 is 1. The summed E-state index contributed by atoms with van der Waals surface area (Å²) in [7, 11) is 1.66. The van der Waals surface area contributed by atoms with Gasteiger partial charge < -0.3 is 10.1 Å². The van der Waals surface area contributed by atoms with Crippen molar-refractivity contribution in [1.29, 1.82) is 0 Å². The molecule has 1 aliphatic heterocycles. The molecule has 0 spiro atoms. The summed E-state index contributed by atoms with van der Waals surface area (Å²) >= 11 is 0. The van der Waals surface area contributed by atoms with Gasteiger partial charge in [0.05, 0.1) is 6.10 Å². The largest absolute Gasteiger partial charge is 0.380 e. The minimum atomic E-state index is -0.278. The van der Waals surface area contributed by atoms with Gasteiger partial charge in [-0.1, -0.05) is 0 Å². The molecule has 0 aliphatic carbocycles. The fourth-order valence-corrected chi connectivity index (χ4v) is 1.08. The summed E-state index contributed by atoms with van der Waals surface area (Å²) in [6.07, 6.45) is 1.04. The number of halogens is 2. The van der Waals surface area contributed by atoms with E-state index in [-0.39, 0.29) is 31.2 Å². The second-order valence-corrected chi connectivity index (χ2v) is 2.35. The number of hydrogen-bond donors (Lipinski definition) is 1. The van der Waals surface area contributed by atoms with E-state index in [1.54, 1.807) is 7.11 Å². The van der Waals surface area contributed by atoms with Crippen LogP contribution in [0.4, 0.5) is 4.39 Å². The van der Waals surface area contributed by atoms with Crippen molar-refractivity contribution in [3.8, 4) is 0 Å². The van der Waals surface area contributed by atoms with Gasteiger partial charge in [-0.25, -0.2) is 4.39 Å². The average molecular weight is 170 g/mol. The fraction of sp³-hybridized carbons (Fsp3) is 1.00. The van der Waals surface area contributed by atoms with Crippen molar-refractivity contribution >= 4 is 12.4 Å². The molecule has 1 rings (SSSR count). The first-order valence-electron chi connectivity index (χ1n) is 3.19. The van der Waals surface area contributed by atoms with Crippen molar-refractivity contribution in [2.24, 2.45) is 0 Å². The molecule has 0 unspecified atom stereocenters. The topological polar surface area (TPSA) is 21.3 Å². The van der Waals surface area contributed by atoms with Crippen LogP contribution in [-0.2, 0) is 4.74 Å². The zero-order chi connectivity index (χ0) is 6.69. The molecule has 0 bridgehead atoms. The lowest BCUT2D eigenvalue weighted by Gasteiger charge is -2.03. The van der Waals surface area contributed by atoms with Crippen molar-refractivity contribution in [2.75, 3.05) is 20.3 Å². The lowest BCUT2D eigenvalue weighted by atomic mass is 10.2. The summed E-state index contributed by atoms with van der Waals surface area (Å²) < 4.78 is 16.9. The van der Waals surface area contributed by atoms with E-state index in [4.69, 9.17) is 4.74 Å². The second kappa shape index (κ2) is 4.88. The SMILES string of the molecule is CO[C@H]1CN[C@@H](CF)C1.Cl. The average Bonchev–Trinajstić information content (AvgIpc) is 2.34. The van der Waals surface area contributed by atoms with Crippen LogP contribution < -0.4 is 5.32 Å². The van der Waals surface area contributed by atoms with Crippen LogP contribution in [0.2, 0.25) is 0 Å². The maximum atomic E-state index is 11.9. The highest BCUT2D eigenvalue weighted by molar-refractivity contribution is 5.85. The highest BCUT2D eigenvalue weighted by Gasteiger charge is 2.22. The molecule has 1 heterocycles. The van der Waals surface area contributed by atoms with Crippen molar-refractivity contribution in [3.05, 3.63) is 0 Å². The molecule has 0 aromatic heterocycles. The molecule has 2 nitrogen and oxygen atoms in total. The van der Waals surface area contributed by atoms with Crippen molar-refractivity contribution in [1.82, 2.24) is 5.32 Å². The van der Waals surface area contributed by atoms with Gasteiger partial charge in [0.25, 0.3) is 0 Å². The number of nitrogens with one attached hydrogen (secondary N) is 1. The Hall–Kier alpha value is 0.140. The quantitative estimate of drug-likeness (QED) is 0.659. The zero-order valence-electron chi connectivity index (χ0n) is 5.97. The van der Waals surface area contributed by atoms with E-state index < -0.39 is 0 Å². The molecule has 1 saturated heterocycles. The normalized spacial score (nSPS) is 31.8. The Labute approximate surface area is 66.5 Å². The van der Waals surface area contributed by atoms with Gasteiger partial charge in [-0.15, -0.1) is 12.4 Å². The maximum absolute atomic E-state index is 11.9. The molecule has 0 saturated carbocycles. The smallest absolute Gasteiger partial charge is 0.105 e. The van der Waals surface area contributed by atoms with Gasteiger partial charge in [0.1, 0.15) is 6.67 Å². The molecule has 0 aromatic rings. The third-order valence-electron chi connectivity index (χ3n) is 1.70. The van der Waals surface area contributed by atoms with Gasteiger partial charge in [-0.05, 0) is 6.42 Å². The highest BCUT2D eigenvalue weighted by atomic mass is 35.5. The summed E-state index contributed by atoms with van der Waals surface area (Å²) in [5.41, 5.74) is 0. The Morgan fingerprint density at radius 1 is 1.70 bits per heavy atom. The first-order valence-corrected chi connectivity index (χ1v) is 3.19. The molecular weight excluding hydrogens is 157 g/mol. The van der Waals surface area contributed by atoms with Crippen LogP contribution in [0, 0.1) is 0 Å². The molecule has 62 valence electrons. The summed E-state index contributed by atoms with van der Waals surface area (Å²) in [4.78, 5) is 0. The van der Waals surface area contributed by atoms with Gasteiger partial charge in [-0.2, -0.15) is 0 Å². The third kappa shape index (κ3) is 2.40. The van der Waals surface area contributed by atoms with Gasteiger partial charge in [-0.3, -0.25) is 0 Å². The van der Waals surface area contributed by atoms with Crippen molar-refractivity contribution < 1.29 is 9.13 Å². The van der Waals surface area contributed by atoms with Crippen LogP contribution in [-0.4, -0.2) is 32.5 Å². The lowest BCUT2D eigenvalue weighted by Crippen LogP contribution is -2.23. The van der Waals surface area contributed by atoms with Gasteiger partial charge in [0, 0.05) is 19.7 Å². The molecule has 1 N–H and O–H groups in total. The predicted molar refractivity (Wildman–Crippen MR) is 40.4 cm³/mol. The maximum Gasteiger partial charge on any atom is 0.105 e. The predicted octanol–water partition coefficient (Wildman–Crippen LogP) is 0.755. The van der Waals surface area contributed by atoms with E-state index in [0.717, 1.165) is 13.0 Å². The molecule has 0 radical (unpaired) electrons. The van der Waals surface area contributed by atoms with E-state index in [1.165, 1.54) is 0 Å². The minimum Gasteiger partial charge on any atom is -0.380 e. The molecule has 4 heteroatoms. The van der Waals surface area contributed by atoms with E-state index in [0.29, 0.717) is 0 Å². The van der Waals surface area contributed by atoms with Gasteiger partial charge in [0.15, 0.2) is 0 Å². The molecule has 0 amide bonds. The Balaban J connectivity index is 0.000000810. The summed E-state index contributed by atoms with van der Waals surface area (Å²) in [6.45, 7) is 0.519. The number of alkyl halides is 1. The van der Waals surface area contributed by atoms with Gasteiger partial charge in [0.2, 0.25) is 0 Å². The van der Waals surface area contributed by atoms with Gasteiger partial charge >= 0.3 is 0 Å². The Morgan fingerprint density at radius 3 is 2.70 bits per heavy atom. The molecule has 2 atom stereocenters. The van der Waals surface area contributed by atoms with E-state index in [2.05, 4.69) is 5.32 Å². The molecule has 10 heavy (non-hydrogen) atoms. The zero-order valence-corrected chi connectivity index (χ0v) is 6.79. The second-order valence-electron chi connectivity index (χ2n) is 2.35. The van der Waals surface area contributed by atoms with Crippen LogP contribution >= 0.6 is 12.4 Å². The summed E-state index contributed by atoms with van der Waals surface area (Å²) in [5, 5.41) is 3.01. The Kier molecular flexibility index (Phi) is 4.95. The fourth-order valence-electron chi connectivity index (χ4n) is 1.08. The van der Waals surface area contributed by atoms with E-state index >= 15 is 0 Å². The summed E-state index contributed by atoms with van der Waals surface area (Å²) in [5.74, 6) is 0. The van der Waals surface area contributed by atoms with E-state index in [9.17, 15) is 4.39 Å². The number of rotatable bonds is 2. The third-order valence-corrected chi connectivity index (χ3v) is 1.70. The molecule has 0 aromatic carbocycles. The van der Waals surface area contributed by atoms with Crippen LogP contribution in [0.5, 0.6) is 0 Å². The van der Waals surface area contributed by atoms with Crippen LogP contribution in [0.3, 0.4) is 0 Å². The first kappa shape index (κ1) is 10.1. The van der Waals surface area contributed by atoms with E-state index in [1.807, 2.05) is 0 Å². The first-order chi connectivity index (χ1) is 4.36.